The van der Waals surface area contributed by atoms with Gasteiger partial charge in [-0.3, -0.25) is 0 Å². The Kier molecular flexibility index (Phi) is 6.09. The summed E-state index contributed by atoms with van der Waals surface area (Å²) in [6, 6.07) is 42.2. The van der Waals surface area contributed by atoms with Crippen molar-refractivity contribution in [1.82, 2.24) is 9.97 Å². The molecule has 0 saturated heterocycles. The molecule has 0 amide bonds. The number of rotatable bonds is 8. The first-order valence-corrected chi connectivity index (χ1v) is 12.4. The number of H-pyrrole nitrogens is 2. The number of hydrogen-bond acceptors (Lipinski definition) is 2. The quantitative estimate of drug-likeness (QED) is 0.219. The minimum Gasteiger partial charge on any atom is -0.467 e. The first kappa shape index (κ1) is 22.9. The molecule has 0 saturated carbocycles. The zero-order chi connectivity index (χ0) is 25.1. The molecule has 0 aliphatic carbocycles. The van der Waals surface area contributed by atoms with E-state index in [1.165, 1.54) is 5.39 Å². The number of benzene rings is 4. The van der Waals surface area contributed by atoms with Crippen LogP contribution >= 0.6 is 0 Å². The zero-order valence-electron chi connectivity index (χ0n) is 20.6. The van der Waals surface area contributed by atoms with Crippen molar-refractivity contribution in [2.45, 2.75) is 5.41 Å². The van der Waals surface area contributed by atoms with Gasteiger partial charge in [-0.1, -0.05) is 97.1 Å². The molecule has 0 spiro atoms. The van der Waals surface area contributed by atoms with Gasteiger partial charge in [0.1, 0.15) is 11.2 Å². The maximum absolute atomic E-state index is 6.20. The second-order valence-corrected chi connectivity index (χ2v) is 9.03. The third-order valence-electron chi connectivity index (χ3n) is 6.98. The summed E-state index contributed by atoms with van der Waals surface area (Å²) in [4.78, 5) is 7.44. The van der Waals surface area contributed by atoms with Gasteiger partial charge in [0.15, 0.2) is 6.79 Å². The molecule has 0 aliphatic rings. The molecule has 0 aliphatic heterocycles. The minimum absolute atomic E-state index is 0.158. The summed E-state index contributed by atoms with van der Waals surface area (Å²) in [5, 5.41) is 1.17. The van der Waals surface area contributed by atoms with Crippen molar-refractivity contribution in [3.63, 3.8) is 0 Å². The molecular weight excluding hydrogens is 456 g/mol. The summed E-state index contributed by atoms with van der Waals surface area (Å²) < 4.78 is 11.5. The molecule has 0 fully saturated rings. The van der Waals surface area contributed by atoms with Crippen molar-refractivity contribution >= 4 is 10.9 Å². The highest BCUT2D eigenvalue weighted by Crippen LogP contribution is 2.51. The van der Waals surface area contributed by atoms with Crippen LogP contribution < -0.4 is 4.74 Å². The molecule has 1 atom stereocenters. The van der Waals surface area contributed by atoms with E-state index in [-0.39, 0.29) is 6.79 Å². The Hall–Kier alpha value is -4.54. The van der Waals surface area contributed by atoms with Crippen molar-refractivity contribution in [3.05, 3.63) is 150 Å². The van der Waals surface area contributed by atoms with E-state index in [2.05, 4.69) is 119 Å². The van der Waals surface area contributed by atoms with Crippen LogP contribution in [0.2, 0.25) is 0 Å². The van der Waals surface area contributed by atoms with Gasteiger partial charge in [-0.15, -0.1) is 0 Å². The summed E-state index contributed by atoms with van der Waals surface area (Å²) in [5.74, 6) is 0.764. The number of methoxy groups -OCH3 is 1. The first-order chi connectivity index (χ1) is 18.3. The largest absolute Gasteiger partial charge is 0.467 e. The molecule has 2 aromatic heterocycles. The van der Waals surface area contributed by atoms with Crippen LogP contribution in [0.3, 0.4) is 0 Å². The Bertz CT molecular complexity index is 1600. The van der Waals surface area contributed by atoms with Crippen LogP contribution in [0.5, 0.6) is 5.75 Å². The third-order valence-corrected chi connectivity index (χ3v) is 6.98. The monoisotopic (exact) mass is 484 g/mol. The summed E-state index contributed by atoms with van der Waals surface area (Å²) >= 11 is 0. The van der Waals surface area contributed by atoms with Crippen molar-refractivity contribution in [2.24, 2.45) is 0 Å². The fraction of sp³-hybridized carbons (Fsp3) is 0.0909. The van der Waals surface area contributed by atoms with Crippen LogP contribution in [0.25, 0.3) is 22.0 Å². The maximum Gasteiger partial charge on any atom is 0.188 e. The van der Waals surface area contributed by atoms with Gasteiger partial charge in [-0.2, -0.15) is 0 Å². The fourth-order valence-corrected chi connectivity index (χ4v) is 5.47. The lowest BCUT2D eigenvalue weighted by Crippen LogP contribution is -2.33. The van der Waals surface area contributed by atoms with Crippen LogP contribution in [0, 0.1) is 0 Å². The second kappa shape index (κ2) is 9.84. The normalized spacial score (nSPS) is 12.9. The predicted molar refractivity (Wildman–Crippen MR) is 149 cm³/mol. The van der Waals surface area contributed by atoms with Crippen LogP contribution in [-0.2, 0) is 10.2 Å². The Balaban J connectivity index is 1.80. The lowest BCUT2D eigenvalue weighted by Gasteiger charge is -2.36. The molecule has 4 heteroatoms. The molecule has 37 heavy (non-hydrogen) atoms. The summed E-state index contributed by atoms with van der Waals surface area (Å²) in [6.07, 6.45) is 1.98. The molecular formula is C33H28N2O2. The smallest absolute Gasteiger partial charge is 0.188 e. The fourth-order valence-electron chi connectivity index (χ4n) is 5.47. The van der Waals surface area contributed by atoms with Gasteiger partial charge in [-0.25, -0.2) is 0 Å². The van der Waals surface area contributed by atoms with Crippen LogP contribution in [0.15, 0.2) is 128 Å². The van der Waals surface area contributed by atoms with E-state index in [4.69, 9.17) is 9.47 Å². The van der Waals surface area contributed by atoms with Crippen molar-refractivity contribution < 1.29 is 9.47 Å². The Morgan fingerprint density at radius 1 is 0.703 bits per heavy atom. The van der Waals surface area contributed by atoms with Crippen molar-refractivity contribution in [1.29, 1.82) is 0 Å². The van der Waals surface area contributed by atoms with E-state index in [1.54, 1.807) is 7.11 Å². The molecule has 6 aromatic rings. The Morgan fingerprint density at radius 3 is 2.16 bits per heavy atom. The van der Waals surface area contributed by atoms with Crippen LogP contribution in [0.4, 0.5) is 0 Å². The summed E-state index contributed by atoms with van der Waals surface area (Å²) in [7, 11) is 1.64. The van der Waals surface area contributed by atoms with Crippen molar-refractivity contribution in [3.8, 4) is 16.9 Å². The third kappa shape index (κ3) is 3.83. The highest BCUT2D eigenvalue weighted by Gasteiger charge is 2.44. The van der Waals surface area contributed by atoms with Gasteiger partial charge in [0.05, 0.1) is 0 Å². The van der Waals surface area contributed by atoms with E-state index in [0.29, 0.717) is 0 Å². The number of aromatic nitrogens is 2. The molecule has 6 rings (SSSR count). The van der Waals surface area contributed by atoms with Gasteiger partial charge in [0.2, 0.25) is 0 Å². The van der Waals surface area contributed by atoms with E-state index >= 15 is 0 Å². The molecule has 182 valence electrons. The zero-order valence-corrected chi connectivity index (χ0v) is 20.6. The summed E-state index contributed by atoms with van der Waals surface area (Å²) in [5.41, 5.74) is 6.91. The molecule has 0 bridgehead atoms. The average molecular weight is 485 g/mol. The van der Waals surface area contributed by atoms with E-state index in [1.807, 2.05) is 18.3 Å². The van der Waals surface area contributed by atoms with E-state index < -0.39 is 5.41 Å². The minimum atomic E-state index is -0.737. The number of hydrogen-bond donors (Lipinski definition) is 2. The average Bonchev–Trinajstić information content (AvgIpc) is 3.63. The SMILES string of the molecule is COCOc1ccccc1[C@@](c1ccccc1)(c1ccc[nH]1)c1[nH]c2ccccc2c1-c1ccccc1. The number of para-hydroxylation sites is 2. The van der Waals surface area contributed by atoms with E-state index in [0.717, 1.165) is 44.9 Å². The van der Waals surface area contributed by atoms with Gasteiger partial charge in [-0.05, 0) is 35.4 Å². The second-order valence-electron chi connectivity index (χ2n) is 9.03. The van der Waals surface area contributed by atoms with Gasteiger partial charge >= 0.3 is 0 Å². The predicted octanol–water partition coefficient (Wildman–Crippen LogP) is 7.53. The molecule has 0 radical (unpaired) electrons. The highest BCUT2D eigenvalue weighted by atomic mass is 16.7. The molecule has 4 nitrogen and oxygen atoms in total. The van der Waals surface area contributed by atoms with Crippen molar-refractivity contribution in [2.75, 3.05) is 13.9 Å². The maximum atomic E-state index is 6.20. The lowest BCUT2D eigenvalue weighted by atomic mass is 9.67. The van der Waals surface area contributed by atoms with Gasteiger partial charge in [0.25, 0.3) is 0 Å². The molecule has 0 unspecified atom stereocenters. The standard InChI is InChI=1S/C33H28N2O2/c1-36-23-37-29-20-11-9-18-27(29)33(30-21-12-22-34-30,25-15-6-3-7-16-25)32-31(24-13-4-2-5-14-24)26-17-8-10-19-28(26)35-32/h2-22,34-35H,23H2,1H3/t33-/m0/s1. The van der Waals surface area contributed by atoms with E-state index in [9.17, 15) is 0 Å². The Labute approximate surface area is 216 Å². The number of ether oxygens (including phenoxy) is 2. The summed E-state index contributed by atoms with van der Waals surface area (Å²) in [6.45, 7) is 0.158. The topological polar surface area (TPSA) is 50.0 Å². The van der Waals surface area contributed by atoms with Crippen LogP contribution in [0.1, 0.15) is 22.5 Å². The number of aromatic amines is 2. The highest BCUT2D eigenvalue weighted by molar-refractivity contribution is 5.99. The number of fused-ring (bicyclic) bond motifs is 1. The number of nitrogens with one attached hydrogen (secondary N) is 2. The van der Waals surface area contributed by atoms with Gasteiger partial charge in [0, 0.05) is 46.7 Å². The molecule has 2 N–H and O–H groups in total. The Morgan fingerprint density at radius 2 is 1.41 bits per heavy atom. The molecule has 2 heterocycles. The lowest BCUT2D eigenvalue weighted by molar-refractivity contribution is 0.0501. The van der Waals surface area contributed by atoms with Crippen LogP contribution in [-0.4, -0.2) is 23.9 Å². The molecule has 4 aromatic carbocycles. The van der Waals surface area contributed by atoms with Gasteiger partial charge < -0.3 is 19.4 Å². The first-order valence-electron chi connectivity index (χ1n) is 12.4.